The highest BCUT2D eigenvalue weighted by Crippen LogP contribution is 1.52. The number of nitrogens with zero attached hydrogens (tertiary/aromatic N) is 1. The van der Waals surface area contributed by atoms with Gasteiger partial charge in [-0.05, 0) is 0 Å². The van der Waals surface area contributed by atoms with Crippen molar-refractivity contribution in [2.24, 2.45) is 0 Å². The third-order valence-corrected chi connectivity index (χ3v) is 0.211. The molecular formula is C3H10ClNO2. The maximum Gasteiger partial charge on any atom is 0.209 e. The van der Waals surface area contributed by atoms with Crippen molar-refractivity contribution in [1.29, 1.82) is 0 Å². The fraction of sp³-hybridized carbons (Fsp3) is 0.667. The Morgan fingerprint density at radius 3 is 1.57 bits per heavy atom. The lowest BCUT2D eigenvalue weighted by Crippen LogP contribution is -2.06. The van der Waals surface area contributed by atoms with E-state index in [0.717, 1.165) is 6.41 Å². The quantitative estimate of drug-likeness (QED) is 0.430. The number of rotatable bonds is 1. The van der Waals surface area contributed by atoms with Gasteiger partial charge in [0.2, 0.25) is 6.41 Å². The molecule has 0 rings (SSSR count). The summed E-state index contributed by atoms with van der Waals surface area (Å²) in [7, 11) is 3.38. The zero-order valence-corrected chi connectivity index (χ0v) is 5.16. The van der Waals surface area contributed by atoms with E-state index in [0.29, 0.717) is 0 Å². The summed E-state index contributed by atoms with van der Waals surface area (Å²) < 4.78 is 0. The number of carbonyl (C=O) groups is 1. The van der Waals surface area contributed by atoms with Gasteiger partial charge in [-0.25, -0.2) is 0 Å². The molecule has 0 saturated carbocycles. The molecule has 0 aliphatic carbocycles. The maximum absolute atomic E-state index is 9.43. The maximum atomic E-state index is 9.43. The highest BCUT2D eigenvalue weighted by molar-refractivity contribution is 5.85. The lowest BCUT2D eigenvalue weighted by Gasteiger charge is -1.93. The molecule has 0 unspecified atom stereocenters. The second kappa shape index (κ2) is 9.21. The SMILES string of the molecule is CN(C)C=O.Cl.O. The smallest absolute Gasteiger partial charge is 0.209 e. The van der Waals surface area contributed by atoms with Crippen LogP contribution in [0, 0.1) is 0 Å². The molecule has 0 aliphatic rings. The Balaban J connectivity index is -0.0000000800. The molecule has 0 radical (unpaired) electrons. The second-order valence-corrected chi connectivity index (χ2v) is 1.07. The van der Waals surface area contributed by atoms with E-state index in [-0.39, 0.29) is 17.9 Å². The van der Waals surface area contributed by atoms with Crippen molar-refractivity contribution in [3.05, 3.63) is 0 Å². The van der Waals surface area contributed by atoms with Crippen molar-refractivity contribution in [1.82, 2.24) is 4.90 Å². The van der Waals surface area contributed by atoms with Crippen LogP contribution in [-0.2, 0) is 4.79 Å². The minimum Gasteiger partial charge on any atom is -0.412 e. The Labute approximate surface area is 49.0 Å². The monoisotopic (exact) mass is 127 g/mol. The largest absolute Gasteiger partial charge is 0.412 e. The van der Waals surface area contributed by atoms with Gasteiger partial charge in [-0.2, -0.15) is 0 Å². The summed E-state index contributed by atoms with van der Waals surface area (Å²) in [5.74, 6) is 0. The van der Waals surface area contributed by atoms with Gasteiger partial charge < -0.3 is 10.4 Å². The summed E-state index contributed by atoms with van der Waals surface area (Å²) in [6, 6.07) is 0. The molecule has 7 heavy (non-hydrogen) atoms. The van der Waals surface area contributed by atoms with Crippen LogP contribution in [0.25, 0.3) is 0 Å². The molecular weight excluding hydrogens is 117 g/mol. The normalized spacial score (nSPS) is 4.86. The Morgan fingerprint density at radius 1 is 1.43 bits per heavy atom. The van der Waals surface area contributed by atoms with Crippen LogP contribution in [0.5, 0.6) is 0 Å². The number of halogens is 1. The van der Waals surface area contributed by atoms with Crippen molar-refractivity contribution >= 4 is 18.8 Å². The van der Waals surface area contributed by atoms with Crippen molar-refractivity contribution in [2.45, 2.75) is 0 Å². The van der Waals surface area contributed by atoms with Crippen LogP contribution in [0.2, 0.25) is 0 Å². The molecule has 1 amide bonds. The van der Waals surface area contributed by atoms with Gasteiger partial charge in [0, 0.05) is 14.1 Å². The average molecular weight is 128 g/mol. The van der Waals surface area contributed by atoms with Gasteiger partial charge in [-0.15, -0.1) is 12.4 Å². The third-order valence-electron chi connectivity index (χ3n) is 0.211. The van der Waals surface area contributed by atoms with Crippen LogP contribution in [0.3, 0.4) is 0 Å². The van der Waals surface area contributed by atoms with Gasteiger partial charge in [-0.3, -0.25) is 4.79 Å². The molecule has 4 heteroatoms. The lowest BCUT2D eigenvalue weighted by atomic mass is 11.0. The molecule has 0 saturated heterocycles. The molecule has 0 heterocycles. The molecule has 0 fully saturated rings. The Bertz CT molecular complexity index is 39.9. The van der Waals surface area contributed by atoms with Gasteiger partial charge in [0.25, 0.3) is 0 Å². The molecule has 0 bridgehead atoms. The molecule has 0 aromatic carbocycles. The van der Waals surface area contributed by atoms with E-state index in [1.54, 1.807) is 14.1 Å². The first-order valence-electron chi connectivity index (χ1n) is 1.39. The summed E-state index contributed by atoms with van der Waals surface area (Å²) in [4.78, 5) is 10.9. The number of hydrogen-bond acceptors (Lipinski definition) is 1. The first-order valence-corrected chi connectivity index (χ1v) is 1.39. The van der Waals surface area contributed by atoms with Crippen LogP contribution < -0.4 is 0 Å². The number of hydrogen-bond donors (Lipinski definition) is 0. The molecule has 0 aromatic rings. The average Bonchev–Trinajstić information content (AvgIpc) is 1.38. The molecule has 0 atom stereocenters. The third kappa shape index (κ3) is 26.8. The summed E-state index contributed by atoms with van der Waals surface area (Å²) in [5.41, 5.74) is 0. The van der Waals surface area contributed by atoms with E-state index in [9.17, 15) is 4.79 Å². The number of carbonyl (C=O) groups excluding carboxylic acids is 1. The van der Waals surface area contributed by atoms with E-state index >= 15 is 0 Å². The zero-order valence-electron chi connectivity index (χ0n) is 4.34. The van der Waals surface area contributed by atoms with Crippen LogP contribution in [-0.4, -0.2) is 30.9 Å². The van der Waals surface area contributed by atoms with Gasteiger partial charge in [0.05, 0.1) is 0 Å². The van der Waals surface area contributed by atoms with Crippen LogP contribution >= 0.6 is 12.4 Å². The first-order chi connectivity index (χ1) is 2.27. The molecule has 46 valence electrons. The summed E-state index contributed by atoms with van der Waals surface area (Å²) in [5, 5.41) is 0. The molecule has 0 aromatic heterocycles. The van der Waals surface area contributed by atoms with Crippen LogP contribution in [0.4, 0.5) is 0 Å². The molecule has 0 spiro atoms. The van der Waals surface area contributed by atoms with Gasteiger partial charge >= 0.3 is 0 Å². The molecule has 2 N–H and O–H groups in total. The summed E-state index contributed by atoms with van der Waals surface area (Å²) in [6.45, 7) is 0. The number of amides is 1. The summed E-state index contributed by atoms with van der Waals surface area (Å²) >= 11 is 0. The minimum atomic E-state index is 0. The van der Waals surface area contributed by atoms with Gasteiger partial charge in [0.15, 0.2) is 0 Å². The van der Waals surface area contributed by atoms with Crippen molar-refractivity contribution in [3.8, 4) is 0 Å². The first kappa shape index (κ1) is 15.9. The summed E-state index contributed by atoms with van der Waals surface area (Å²) in [6.07, 6.45) is 0.750. The molecule has 0 aliphatic heterocycles. The van der Waals surface area contributed by atoms with Gasteiger partial charge in [0.1, 0.15) is 0 Å². The predicted octanol–water partition coefficient (Wildman–Crippen LogP) is -0.699. The fourth-order valence-corrected chi connectivity index (χ4v) is 0. The van der Waals surface area contributed by atoms with E-state index in [1.807, 2.05) is 0 Å². The Kier molecular flexibility index (Phi) is 20.9. The van der Waals surface area contributed by atoms with Crippen molar-refractivity contribution < 1.29 is 10.3 Å². The zero-order chi connectivity index (χ0) is 4.28. The Hall–Kier alpha value is -0.280. The second-order valence-electron chi connectivity index (χ2n) is 1.07. The van der Waals surface area contributed by atoms with Gasteiger partial charge in [-0.1, -0.05) is 0 Å². The lowest BCUT2D eigenvalue weighted by molar-refractivity contribution is -0.115. The van der Waals surface area contributed by atoms with Crippen LogP contribution in [0.1, 0.15) is 0 Å². The predicted molar refractivity (Wildman–Crippen MR) is 30.6 cm³/mol. The highest BCUT2D eigenvalue weighted by Gasteiger charge is 1.68. The fourth-order valence-electron chi connectivity index (χ4n) is 0. The van der Waals surface area contributed by atoms with E-state index in [2.05, 4.69) is 0 Å². The Morgan fingerprint density at radius 2 is 1.57 bits per heavy atom. The topological polar surface area (TPSA) is 51.8 Å². The van der Waals surface area contributed by atoms with E-state index in [4.69, 9.17) is 0 Å². The van der Waals surface area contributed by atoms with Crippen LogP contribution in [0.15, 0.2) is 0 Å². The standard InChI is InChI=1S/C3H7NO.ClH.H2O/c1-4(2)3-5;;/h3H,1-2H3;1H;1H2. The van der Waals surface area contributed by atoms with Crippen molar-refractivity contribution in [2.75, 3.05) is 14.1 Å². The van der Waals surface area contributed by atoms with Crippen molar-refractivity contribution in [3.63, 3.8) is 0 Å². The molecule has 3 nitrogen and oxygen atoms in total. The van der Waals surface area contributed by atoms with E-state index < -0.39 is 0 Å². The van der Waals surface area contributed by atoms with E-state index in [1.165, 1.54) is 4.90 Å². The minimum absolute atomic E-state index is 0. The highest BCUT2D eigenvalue weighted by atomic mass is 35.5.